The lowest BCUT2D eigenvalue weighted by molar-refractivity contribution is 1.02. The first-order chi connectivity index (χ1) is 9.10. The Kier molecular flexibility index (Phi) is 3.62. The summed E-state index contributed by atoms with van der Waals surface area (Å²) in [5.41, 5.74) is 2.23. The molecule has 96 valence electrons. The van der Waals surface area contributed by atoms with E-state index >= 15 is 0 Å². The van der Waals surface area contributed by atoms with E-state index < -0.39 is 0 Å². The second-order valence-corrected chi connectivity index (χ2v) is 4.29. The van der Waals surface area contributed by atoms with Gasteiger partial charge in [0.1, 0.15) is 17.5 Å². The molecule has 0 saturated heterocycles. The van der Waals surface area contributed by atoms with Crippen LogP contribution in [0.2, 0.25) is 0 Å². The minimum Gasteiger partial charge on any atom is -0.329 e. The van der Waals surface area contributed by atoms with Gasteiger partial charge in [0.25, 0.3) is 0 Å². The lowest BCUT2D eigenvalue weighted by Gasteiger charge is -2.19. The number of nitriles is 1. The van der Waals surface area contributed by atoms with Gasteiger partial charge in [-0.2, -0.15) is 5.26 Å². The molecular weight excluding hydrogens is 238 g/mol. The summed E-state index contributed by atoms with van der Waals surface area (Å²) < 4.78 is 0. The highest BCUT2D eigenvalue weighted by atomic mass is 15.2. The Bertz CT molecular complexity index is 630. The molecule has 1 aromatic carbocycles. The van der Waals surface area contributed by atoms with E-state index in [9.17, 15) is 0 Å². The molecule has 2 aromatic rings. The first-order valence-corrected chi connectivity index (χ1v) is 5.91. The number of benzene rings is 1. The van der Waals surface area contributed by atoms with Crippen molar-refractivity contribution in [3.8, 4) is 6.19 Å². The Morgan fingerprint density at radius 3 is 2.68 bits per heavy atom. The van der Waals surface area contributed by atoms with E-state index in [2.05, 4.69) is 21.4 Å². The molecule has 5 heteroatoms. The maximum atomic E-state index is 8.66. The molecule has 0 bridgehead atoms. The van der Waals surface area contributed by atoms with Crippen molar-refractivity contribution >= 4 is 17.3 Å². The number of nitrogens with zero attached hydrogens (tertiary/aromatic N) is 4. The van der Waals surface area contributed by atoms with Crippen molar-refractivity contribution in [2.24, 2.45) is 0 Å². The van der Waals surface area contributed by atoms with E-state index in [1.807, 2.05) is 43.3 Å². The lowest BCUT2D eigenvalue weighted by atomic mass is 10.2. The normalized spacial score (nSPS) is 9.79. The Balaban J connectivity index is 2.38. The largest absolute Gasteiger partial charge is 0.329 e. The number of aryl methyl sites for hydroxylation is 2. The molecule has 0 unspecified atom stereocenters. The zero-order valence-corrected chi connectivity index (χ0v) is 11.2. The number of hydrogen-bond acceptors (Lipinski definition) is 5. The van der Waals surface area contributed by atoms with Crippen molar-refractivity contribution in [3.63, 3.8) is 0 Å². The van der Waals surface area contributed by atoms with Crippen LogP contribution in [-0.4, -0.2) is 17.0 Å². The molecule has 0 aliphatic rings. The van der Waals surface area contributed by atoms with Gasteiger partial charge in [-0.3, -0.25) is 5.32 Å². The van der Waals surface area contributed by atoms with Crippen LogP contribution in [0.4, 0.5) is 17.3 Å². The molecule has 2 rings (SSSR count). The maximum absolute atomic E-state index is 8.66. The van der Waals surface area contributed by atoms with E-state index in [1.165, 1.54) is 5.56 Å². The van der Waals surface area contributed by atoms with Crippen molar-refractivity contribution in [1.82, 2.24) is 9.97 Å². The van der Waals surface area contributed by atoms with Gasteiger partial charge in [-0.15, -0.1) is 0 Å². The quantitative estimate of drug-likeness (QED) is 0.673. The van der Waals surface area contributed by atoms with Gasteiger partial charge in [0.15, 0.2) is 6.19 Å². The van der Waals surface area contributed by atoms with Gasteiger partial charge in [0.2, 0.25) is 0 Å². The third-order valence-electron chi connectivity index (χ3n) is 2.74. The van der Waals surface area contributed by atoms with Crippen molar-refractivity contribution in [2.75, 3.05) is 17.3 Å². The van der Waals surface area contributed by atoms with Crippen LogP contribution in [0.3, 0.4) is 0 Å². The molecule has 0 atom stereocenters. The summed E-state index contributed by atoms with van der Waals surface area (Å²) in [6, 6.07) is 9.89. The van der Waals surface area contributed by atoms with Crippen LogP contribution in [-0.2, 0) is 0 Å². The van der Waals surface area contributed by atoms with Gasteiger partial charge in [-0.25, -0.2) is 9.97 Å². The fourth-order valence-corrected chi connectivity index (χ4v) is 1.81. The predicted octanol–water partition coefficient (Wildman–Crippen LogP) is 2.75. The number of rotatable bonds is 3. The summed E-state index contributed by atoms with van der Waals surface area (Å²) in [6.45, 7) is 3.85. The number of anilines is 3. The predicted molar refractivity (Wildman–Crippen MR) is 75.2 cm³/mol. The van der Waals surface area contributed by atoms with E-state index in [4.69, 9.17) is 5.26 Å². The molecule has 1 aromatic heterocycles. The minimum absolute atomic E-state index is 0.504. The van der Waals surface area contributed by atoms with Crippen LogP contribution < -0.4 is 10.2 Å². The molecule has 0 radical (unpaired) electrons. The smallest absolute Gasteiger partial charge is 0.182 e. The summed E-state index contributed by atoms with van der Waals surface area (Å²) >= 11 is 0. The monoisotopic (exact) mass is 253 g/mol. The number of nitrogens with one attached hydrogen (secondary N) is 1. The summed E-state index contributed by atoms with van der Waals surface area (Å²) in [4.78, 5) is 10.5. The highest BCUT2D eigenvalue weighted by Crippen LogP contribution is 2.24. The van der Waals surface area contributed by atoms with Crippen LogP contribution >= 0.6 is 0 Å². The lowest BCUT2D eigenvalue weighted by Crippen LogP contribution is -2.13. The fraction of sp³-hybridized carbons (Fsp3) is 0.214. The molecule has 1 N–H and O–H groups in total. The van der Waals surface area contributed by atoms with Gasteiger partial charge >= 0.3 is 0 Å². The average Bonchev–Trinajstić information content (AvgIpc) is 2.37. The first kappa shape index (κ1) is 12.8. The maximum Gasteiger partial charge on any atom is 0.182 e. The SMILES string of the molecule is Cc1cccc(N(C)c2cc(NC#N)nc(C)n2)c1. The summed E-state index contributed by atoms with van der Waals surface area (Å²) in [5.74, 6) is 1.87. The zero-order chi connectivity index (χ0) is 13.8. The second-order valence-electron chi connectivity index (χ2n) is 4.29. The molecule has 0 fully saturated rings. The Morgan fingerprint density at radius 2 is 2.00 bits per heavy atom. The summed E-state index contributed by atoms with van der Waals surface area (Å²) in [5, 5.41) is 11.2. The minimum atomic E-state index is 0.504. The molecule has 0 aliphatic carbocycles. The van der Waals surface area contributed by atoms with Crippen LogP contribution in [0, 0.1) is 25.3 Å². The highest BCUT2D eigenvalue weighted by Gasteiger charge is 2.08. The molecule has 0 aliphatic heterocycles. The van der Waals surface area contributed by atoms with E-state index in [0.717, 1.165) is 11.5 Å². The molecule has 0 amide bonds. The van der Waals surface area contributed by atoms with Crippen molar-refractivity contribution < 1.29 is 0 Å². The van der Waals surface area contributed by atoms with Gasteiger partial charge in [-0.1, -0.05) is 12.1 Å². The topological polar surface area (TPSA) is 64.8 Å². The highest BCUT2D eigenvalue weighted by molar-refractivity contribution is 5.62. The van der Waals surface area contributed by atoms with E-state index in [-0.39, 0.29) is 0 Å². The Hall–Kier alpha value is -2.61. The van der Waals surface area contributed by atoms with Gasteiger partial charge < -0.3 is 4.90 Å². The van der Waals surface area contributed by atoms with Crippen LogP contribution in [0.1, 0.15) is 11.4 Å². The molecule has 1 heterocycles. The number of hydrogen-bond donors (Lipinski definition) is 1. The third kappa shape index (κ3) is 2.99. The van der Waals surface area contributed by atoms with Crippen molar-refractivity contribution in [3.05, 3.63) is 41.7 Å². The number of aromatic nitrogens is 2. The molecule has 0 saturated carbocycles. The average molecular weight is 253 g/mol. The van der Waals surface area contributed by atoms with E-state index in [1.54, 1.807) is 13.0 Å². The molecule has 19 heavy (non-hydrogen) atoms. The van der Waals surface area contributed by atoms with E-state index in [0.29, 0.717) is 11.6 Å². The van der Waals surface area contributed by atoms with Gasteiger partial charge in [0.05, 0.1) is 0 Å². The van der Waals surface area contributed by atoms with Gasteiger partial charge in [0, 0.05) is 18.8 Å². The van der Waals surface area contributed by atoms with Gasteiger partial charge in [-0.05, 0) is 31.5 Å². The molecular formula is C14H15N5. The first-order valence-electron chi connectivity index (χ1n) is 5.91. The van der Waals surface area contributed by atoms with Crippen molar-refractivity contribution in [1.29, 1.82) is 5.26 Å². The van der Waals surface area contributed by atoms with Crippen LogP contribution in [0.25, 0.3) is 0 Å². The standard InChI is InChI=1S/C14H15N5/c1-10-5-4-6-12(7-10)19(3)14-8-13(16-9-15)17-11(2)18-14/h4-8H,1-3H3,(H,16,17,18). The van der Waals surface area contributed by atoms with Crippen molar-refractivity contribution in [2.45, 2.75) is 13.8 Å². The summed E-state index contributed by atoms with van der Waals surface area (Å²) in [6.07, 6.45) is 1.87. The molecule has 0 spiro atoms. The van der Waals surface area contributed by atoms with Crippen LogP contribution in [0.5, 0.6) is 0 Å². The Morgan fingerprint density at radius 1 is 1.21 bits per heavy atom. The third-order valence-corrected chi connectivity index (χ3v) is 2.74. The summed E-state index contributed by atoms with van der Waals surface area (Å²) in [7, 11) is 1.94. The molecule has 5 nitrogen and oxygen atoms in total. The Labute approximate surface area is 112 Å². The zero-order valence-electron chi connectivity index (χ0n) is 11.2. The second kappa shape index (κ2) is 5.36. The van der Waals surface area contributed by atoms with Crippen LogP contribution in [0.15, 0.2) is 30.3 Å². The fourth-order valence-electron chi connectivity index (χ4n) is 1.81.